The molecule has 2 atom stereocenters. The second kappa shape index (κ2) is 5.69. The number of hydrogen-bond acceptors (Lipinski definition) is 2. The molecule has 1 fully saturated rings. The van der Waals surface area contributed by atoms with Crippen molar-refractivity contribution in [3.05, 3.63) is 47.7 Å². The van der Waals surface area contributed by atoms with Gasteiger partial charge in [0, 0.05) is 23.9 Å². The second-order valence-corrected chi connectivity index (χ2v) is 7.19. The minimum Gasteiger partial charge on any atom is -0.330 e. The number of rotatable bonds is 3. The number of aromatic nitrogens is 2. The molecule has 0 spiro atoms. The molecule has 4 heteroatoms. The highest BCUT2D eigenvalue weighted by Gasteiger charge is 2.42. The highest BCUT2D eigenvalue weighted by Crippen LogP contribution is 2.50. The molecular formula is C20H21FN2O. The van der Waals surface area contributed by atoms with Gasteiger partial charge in [0.25, 0.3) is 0 Å². The zero-order chi connectivity index (χ0) is 16.7. The van der Waals surface area contributed by atoms with Gasteiger partial charge in [-0.3, -0.25) is 0 Å². The summed E-state index contributed by atoms with van der Waals surface area (Å²) in [5.74, 6) is 0.168. The van der Waals surface area contributed by atoms with Gasteiger partial charge in [-0.05, 0) is 55.5 Å². The Morgan fingerprint density at radius 2 is 2.17 bits per heavy atom. The summed E-state index contributed by atoms with van der Waals surface area (Å²) in [7, 11) is 0. The Bertz CT molecular complexity index is 806. The van der Waals surface area contributed by atoms with Crippen LogP contribution in [0.1, 0.15) is 38.3 Å². The largest absolute Gasteiger partial charge is 0.330 e. The van der Waals surface area contributed by atoms with E-state index in [1.165, 1.54) is 17.7 Å². The lowest BCUT2D eigenvalue weighted by molar-refractivity contribution is -0.109. The van der Waals surface area contributed by atoms with E-state index < -0.39 is 0 Å². The van der Waals surface area contributed by atoms with Crippen molar-refractivity contribution in [3.8, 4) is 11.3 Å². The van der Waals surface area contributed by atoms with Crippen molar-refractivity contribution in [1.82, 2.24) is 9.55 Å². The molecule has 2 heterocycles. The van der Waals surface area contributed by atoms with Gasteiger partial charge in [0.1, 0.15) is 12.1 Å². The monoisotopic (exact) mass is 324 g/mol. The maximum atomic E-state index is 13.2. The van der Waals surface area contributed by atoms with Crippen LogP contribution >= 0.6 is 0 Å². The number of nitrogens with zero attached hydrogens (tertiary/aromatic N) is 2. The molecule has 1 aliphatic heterocycles. The first-order valence-corrected chi connectivity index (χ1v) is 8.57. The van der Waals surface area contributed by atoms with Crippen molar-refractivity contribution in [3.63, 3.8) is 0 Å². The van der Waals surface area contributed by atoms with E-state index in [1.54, 1.807) is 12.1 Å². The molecule has 0 radical (unpaired) electrons. The molecule has 4 rings (SSSR count). The smallest absolute Gasteiger partial charge is 0.123 e. The third-order valence-electron chi connectivity index (χ3n) is 5.82. The third-order valence-corrected chi connectivity index (χ3v) is 5.82. The van der Waals surface area contributed by atoms with Gasteiger partial charge >= 0.3 is 0 Å². The van der Waals surface area contributed by atoms with Gasteiger partial charge < -0.3 is 9.36 Å². The van der Waals surface area contributed by atoms with E-state index in [0.29, 0.717) is 12.3 Å². The number of halogens is 1. The molecule has 0 unspecified atom stereocenters. The molecule has 0 bridgehead atoms. The van der Waals surface area contributed by atoms with Crippen LogP contribution in [0, 0.1) is 17.2 Å². The molecule has 1 aromatic carbocycles. The predicted octanol–water partition coefficient (Wildman–Crippen LogP) is 4.48. The normalized spacial score (nSPS) is 25.6. The van der Waals surface area contributed by atoms with Crippen molar-refractivity contribution >= 4 is 12.4 Å². The Labute approximate surface area is 141 Å². The zero-order valence-electron chi connectivity index (χ0n) is 13.8. The van der Waals surface area contributed by atoms with E-state index in [-0.39, 0.29) is 11.2 Å². The van der Waals surface area contributed by atoms with Crippen molar-refractivity contribution in [1.29, 1.82) is 0 Å². The average molecular weight is 324 g/mol. The maximum Gasteiger partial charge on any atom is 0.123 e. The van der Waals surface area contributed by atoms with E-state index in [0.717, 1.165) is 49.0 Å². The summed E-state index contributed by atoms with van der Waals surface area (Å²) in [4.78, 5) is 15.7. The molecule has 0 saturated heterocycles. The molecule has 24 heavy (non-hydrogen) atoms. The van der Waals surface area contributed by atoms with Crippen LogP contribution < -0.4 is 0 Å². The van der Waals surface area contributed by atoms with Crippen LogP contribution in [-0.2, 0) is 11.3 Å². The number of allylic oxidation sites excluding steroid dienone is 1. The van der Waals surface area contributed by atoms with Gasteiger partial charge in [0.15, 0.2) is 0 Å². The van der Waals surface area contributed by atoms with E-state index in [2.05, 4.69) is 22.6 Å². The molecule has 2 aliphatic rings. The number of carbonyl (C=O) groups is 1. The number of imidazole rings is 1. The number of aldehydes is 1. The second-order valence-electron chi connectivity index (χ2n) is 7.19. The van der Waals surface area contributed by atoms with Crippen LogP contribution in [0.3, 0.4) is 0 Å². The van der Waals surface area contributed by atoms with E-state index in [9.17, 15) is 9.18 Å². The van der Waals surface area contributed by atoms with Gasteiger partial charge in [0.2, 0.25) is 0 Å². The number of benzene rings is 1. The topological polar surface area (TPSA) is 34.9 Å². The highest BCUT2D eigenvalue weighted by molar-refractivity contribution is 5.72. The minimum atomic E-state index is -0.234. The molecule has 1 aliphatic carbocycles. The summed E-state index contributed by atoms with van der Waals surface area (Å²) in [6, 6.07) is 6.51. The fourth-order valence-electron chi connectivity index (χ4n) is 4.39. The lowest BCUT2D eigenvalue weighted by Crippen LogP contribution is -2.39. The van der Waals surface area contributed by atoms with Crippen LogP contribution in [0.15, 0.2) is 36.2 Å². The summed E-state index contributed by atoms with van der Waals surface area (Å²) < 4.78 is 15.4. The minimum absolute atomic E-state index is 0.0346. The molecule has 124 valence electrons. The van der Waals surface area contributed by atoms with Gasteiger partial charge in [-0.1, -0.05) is 12.5 Å². The molecule has 0 amide bonds. The van der Waals surface area contributed by atoms with Crippen LogP contribution in [-0.4, -0.2) is 15.8 Å². The van der Waals surface area contributed by atoms with Crippen LogP contribution in [0.25, 0.3) is 17.3 Å². The van der Waals surface area contributed by atoms with Crippen LogP contribution in [0.4, 0.5) is 4.39 Å². The first-order chi connectivity index (χ1) is 11.6. The van der Waals surface area contributed by atoms with Gasteiger partial charge in [0.05, 0.1) is 17.7 Å². The summed E-state index contributed by atoms with van der Waals surface area (Å²) in [6.07, 6.45) is 9.15. The quantitative estimate of drug-likeness (QED) is 0.780. The average Bonchev–Trinajstić information content (AvgIpc) is 2.97. The fraction of sp³-hybridized carbons (Fsp3) is 0.400. The lowest BCUT2D eigenvalue weighted by Gasteiger charge is -2.45. The van der Waals surface area contributed by atoms with Gasteiger partial charge in [-0.2, -0.15) is 0 Å². The Balaban J connectivity index is 1.76. The van der Waals surface area contributed by atoms with E-state index in [4.69, 9.17) is 0 Å². The van der Waals surface area contributed by atoms with Gasteiger partial charge in [-0.25, -0.2) is 9.37 Å². The first-order valence-electron chi connectivity index (χ1n) is 8.57. The zero-order valence-corrected chi connectivity index (χ0v) is 13.8. The van der Waals surface area contributed by atoms with Crippen LogP contribution in [0.5, 0.6) is 0 Å². The molecule has 1 aromatic heterocycles. The molecular weight excluding hydrogens is 303 g/mol. The summed E-state index contributed by atoms with van der Waals surface area (Å²) in [6.45, 7) is 3.15. The Morgan fingerprint density at radius 1 is 1.38 bits per heavy atom. The Kier molecular flexibility index (Phi) is 3.63. The Hall–Kier alpha value is -2.23. The fourth-order valence-corrected chi connectivity index (χ4v) is 4.39. The van der Waals surface area contributed by atoms with E-state index >= 15 is 0 Å². The third kappa shape index (κ3) is 2.32. The summed E-state index contributed by atoms with van der Waals surface area (Å²) in [5.41, 5.74) is 4.40. The number of carbonyl (C=O) groups excluding carboxylic acids is 1. The van der Waals surface area contributed by atoms with Crippen molar-refractivity contribution in [2.75, 3.05) is 0 Å². The number of fused-ring (bicyclic) bond motifs is 2. The SMILES string of the molecule is C[C@]12Cn3cnc(-c4ccc(F)cc4)c3C=C1CCC[C@@H]2CC=O. The standard InChI is InChI=1S/C20H21FN2O/c1-20-12-23-13-22-19(14-5-7-17(21)8-6-14)18(23)11-16(20)4-2-3-15(20)9-10-24/h5-8,10-11,13,15H,2-4,9,12H2,1H3/t15-,20-/m1/s1. The molecule has 2 aromatic rings. The summed E-state index contributed by atoms with van der Waals surface area (Å²) >= 11 is 0. The predicted molar refractivity (Wildman–Crippen MR) is 91.7 cm³/mol. The lowest BCUT2D eigenvalue weighted by atomic mass is 9.62. The highest BCUT2D eigenvalue weighted by atomic mass is 19.1. The Morgan fingerprint density at radius 3 is 2.92 bits per heavy atom. The molecule has 3 nitrogen and oxygen atoms in total. The number of hydrogen-bond donors (Lipinski definition) is 0. The van der Waals surface area contributed by atoms with Crippen molar-refractivity contribution in [2.24, 2.45) is 11.3 Å². The van der Waals surface area contributed by atoms with Gasteiger partial charge in [-0.15, -0.1) is 0 Å². The van der Waals surface area contributed by atoms with E-state index in [1.807, 2.05) is 6.33 Å². The molecule has 0 N–H and O–H groups in total. The van der Waals surface area contributed by atoms with Crippen LogP contribution in [0.2, 0.25) is 0 Å². The summed E-state index contributed by atoms with van der Waals surface area (Å²) in [5, 5.41) is 0. The first kappa shape index (κ1) is 15.3. The van der Waals surface area contributed by atoms with Crippen molar-refractivity contribution < 1.29 is 9.18 Å². The van der Waals surface area contributed by atoms with Crippen molar-refractivity contribution in [2.45, 2.75) is 39.2 Å². The maximum absolute atomic E-state index is 13.2. The molecule has 1 saturated carbocycles.